The maximum Gasteiger partial charge on any atom is 0.205 e. The molecule has 1 N–H and O–H groups in total. The Morgan fingerprint density at radius 3 is 3.17 bits per heavy atom. The molecule has 4 nitrogen and oxygen atoms in total. The van der Waals surface area contributed by atoms with Crippen molar-refractivity contribution in [2.24, 2.45) is 5.92 Å². The van der Waals surface area contributed by atoms with Gasteiger partial charge in [-0.2, -0.15) is 0 Å². The molecule has 0 saturated carbocycles. The van der Waals surface area contributed by atoms with Crippen LogP contribution in [0, 0.1) is 5.92 Å². The zero-order chi connectivity index (χ0) is 8.39. The van der Waals surface area contributed by atoms with Crippen molar-refractivity contribution in [3.63, 3.8) is 0 Å². The zero-order valence-corrected chi connectivity index (χ0v) is 7.67. The van der Waals surface area contributed by atoms with E-state index in [1.807, 2.05) is 0 Å². The third-order valence-electron chi connectivity index (χ3n) is 2.03. The summed E-state index contributed by atoms with van der Waals surface area (Å²) in [6, 6.07) is 0.401. The third-order valence-corrected chi connectivity index (χ3v) is 2.66. The molecular weight excluding hydrogens is 174 g/mol. The Morgan fingerprint density at radius 1 is 1.67 bits per heavy atom. The minimum atomic E-state index is 0.401. The van der Waals surface area contributed by atoms with Crippen molar-refractivity contribution in [3.8, 4) is 0 Å². The summed E-state index contributed by atoms with van der Waals surface area (Å²) >= 11 is 1.52. The van der Waals surface area contributed by atoms with Gasteiger partial charge in [-0.1, -0.05) is 18.3 Å². The van der Waals surface area contributed by atoms with Crippen molar-refractivity contribution >= 4 is 16.5 Å². The number of rotatable bonds is 2. The number of aromatic nitrogens is 2. The number of hydrogen-bond donors (Lipinski definition) is 1. The summed E-state index contributed by atoms with van der Waals surface area (Å²) in [4.78, 5) is 0. The van der Waals surface area contributed by atoms with E-state index in [2.05, 4.69) is 22.4 Å². The van der Waals surface area contributed by atoms with E-state index in [-0.39, 0.29) is 0 Å². The van der Waals surface area contributed by atoms with E-state index in [0.29, 0.717) is 12.0 Å². The standard InChI is InChI=1S/C7H11N3OS/c1-5-2-11-3-6(5)9-7-10-8-4-12-7/h4-6H,2-3H2,1H3,(H,9,10). The summed E-state index contributed by atoms with van der Waals surface area (Å²) < 4.78 is 5.31. The van der Waals surface area contributed by atoms with Crippen LogP contribution in [0.25, 0.3) is 0 Å². The summed E-state index contributed by atoms with van der Waals surface area (Å²) in [7, 11) is 0. The van der Waals surface area contributed by atoms with Gasteiger partial charge >= 0.3 is 0 Å². The highest BCUT2D eigenvalue weighted by Crippen LogP contribution is 2.18. The largest absolute Gasteiger partial charge is 0.379 e. The van der Waals surface area contributed by atoms with Gasteiger partial charge in [0.1, 0.15) is 5.51 Å². The molecule has 2 unspecified atom stereocenters. The molecule has 1 aromatic rings. The van der Waals surface area contributed by atoms with E-state index in [1.165, 1.54) is 11.3 Å². The molecule has 66 valence electrons. The Balaban J connectivity index is 1.95. The van der Waals surface area contributed by atoms with Crippen molar-refractivity contribution in [3.05, 3.63) is 5.51 Å². The van der Waals surface area contributed by atoms with Crippen LogP contribution in [0.4, 0.5) is 5.13 Å². The van der Waals surface area contributed by atoms with Crippen LogP contribution >= 0.6 is 11.3 Å². The highest BCUT2D eigenvalue weighted by Gasteiger charge is 2.24. The maximum atomic E-state index is 5.31. The van der Waals surface area contributed by atoms with Crippen molar-refractivity contribution < 1.29 is 4.74 Å². The molecule has 1 aliphatic heterocycles. The third kappa shape index (κ3) is 1.56. The van der Waals surface area contributed by atoms with Gasteiger partial charge in [-0.3, -0.25) is 0 Å². The van der Waals surface area contributed by atoms with Gasteiger partial charge in [0.05, 0.1) is 19.3 Å². The van der Waals surface area contributed by atoms with Crippen molar-refractivity contribution in [1.82, 2.24) is 10.2 Å². The molecule has 2 heterocycles. The molecule has 0 amide bonds. The monoisotopic (exact) mass is 185 g/mol. The number of nitrogens with one attached hydrogen (secondary N) is 1. The smallest absolute Gasteiger partial charge is 0.205 e. The van der Waals surface area contributed by atoms with Crippen LogP contribution in [0.1, 0.15) is 6.92 Å². The lowest BCUT2D eigenvalue weighted by molar-refractivity contribution is 0.187. The Bertz CT molecular complexity index is 239. The molecule has 1 saturated heterocycles. The number of nitrogens with zero attached hydrogens (tertiary/aromatic N) is 2. The highest BCUT2D eigenvalue weighted by atomic mass is 32.1. The first-order valence-corrected chi connectivity index (χ1v) is 4.84. The van der Waals surface area contributed by atoms with Gasteiger partial charge in [-0.05, 0) is 0 Å². The van der Waals surface area contributed by atoms with Crippen LogP contribution in [0.15, 0.2) is 5.51 Å². The highest BCUT2D eigenvalue weighted by molar-refractivity contribution is 7.13. The normalized spacial score (nSPS) is 29.1. The molecule has 0 spiro atoms. The number of ether oxygens (including phenoxy) is 1. The van der Waals surface area contributed by atoms with Gasteiger partial charge in [-0.15, -0.1) is 10.2 Å². The van der Waals surface area contributed by atoms with Crippen molar-refractivity contribution in [1.29, 1.82) is 0 Å². The molecule has 1 fully saturated rings. The predicted molar refractivity (Wildman–Crippen MR) is 47.3 cm³/mol. The van der Waals surface area contributed by atoms with Gasteiger partial charge in [0.15, 0.2) is 0 Å². The quantitative estimate of drug-likeness (QED) is 0.746. The summed E-state index contributed by atoms with van der Waals surface area (Å²) in [5.41, 5.74) is 1.73. The molecule has 2 rings (SSSR count). The molecule has 5 heteroatoms. The topological polar surface area (TPSA) is 47.0 Å². The summed E-state index contributed by atoms with van der Waals surface area (Å²) in [5, 5.41) is 11.8. The minimum absolute atomic E-state index is 0.401. The van der Waals surface area contributed by atoms with Gasteiger partial charge in [0, 0.05) is 5.92 Å². The average molecular weight is 185 g/mol. The van der Waals surface area contributed by atoms with Crippen molar-refractivity contribution in [2.45, 2.75) is 13.0 Å². The van der Waals surface area contributed by atoms with Gasteiger partial charge in [-0.25, -0.2) is 0 Å². The zero-order valence-electron chi connectivity index (χ0n) is 6.86. The Kier molecular flexibility index (Phi) is 2.23. The lowest BCUT2D eigenvalue weighted by Gasteiger charge is -2.13. The first kappa shape index (κ1) is 7.94. The molecule has 0 radical (unpaired) electrons. The molecule has 0 bridgehead atoms. The molecule has 1 aliphatic rings. The fraction of sp³-hybridized carbons (Fsp3) is 0.714. The molecular formula is C7H11N3OS. The SMILES string of the molecule is CC1COCC1Nc1nncs1. The van der Waals surface area contributed by atoms with Crippen LogP contribution in [-0.4, -0.2) is 29.5 Å². The second kappa shape index (κ2) is 3.37. The molecule has 0 aromatic carbocycles. The summed E-state index contributed by atoms with van der Waals surface area (Å²) in [6.45, 7) is 3.79. The van der Waals surface area contributed by atoms with Gasteiger partial charge in [0.25, 0.3) is 0 Å². The van der Waals surface area contributed by atoms with E-state index < -0.39 is 0 Å². The summed E-state index contributed by atoms with van der Waals surface area (Å²) in [5.74, 6) is 0.564. The Hall–Kier alpha value is -0.680. The maximum absolute atomic E-state index is 5.31. The van der Waals surface area contributed by atoms with Crippen LogP contribution in [0.5, 0.6) is 0 Å². The first-order valence-electron chi connectivity index (χ1n) is 3.96. The van der Waals surface area contributed by atoms with E-state index in [0.717, 1.165) is 18.3 Å². The van der Waals surface area contributed by atoms with Gasteiger partial charge < -0.3 is 10.1 Å². The van der Waals surface area contributed by atoms with Gasteiger partial charge in [0.2, 0.25) is 5.13 Å². The van der Waals surface area contributed by atoms with Crippen LogP contribution in [0.3, 0.4) is 0 Å². The second-order valence-corrected chi connectivity index (χ2v) is 3.84. The molecule has 0 aliphatic carbocycles. The predicted octanol–water partition coefficient (Wildman–Crippen LogP) is 0.985. The fourth-order valence-corrected chi connectivity index (χ4v) is 1.75. The lowest BCUT2D eigenvalue weighted by atomic mass is 10.1. The fourth-order valence-electron chi connectivity index (χ4n) is 1.24. The molecule has 12 heavy (non-hydrogen) atoms. The van der Waals surface area contributed by atoms with Crippen LogP contribution < -0.4 is 5.32 Å². The first-order chi connectivity index (χ1) is 5.86. The van der Waals surface area contributed by atoms with E-state index >= 15 is 0 Å². The van der Waals surface area contributed by atoms with E-state index in [9.17, 15) is 0 Å². The van der Waals surface area contributed by atoms with Crippen LogP contribution in [0.2, 0.25) is 0 Å². The minimum Gasteiger partial charge on any atom is -0.379 e. The Morgan fingerprint density at radius 2 is 2.58 bits per heavy atom. The number of anilines is 1. The molecule has 1 aromatic heterocycles. The summed E-state index contributed by atoms with van der Waals surface area (Å²) in [6.07, 6.45) is 0. The van der Waals surface area contributed by atoms with Crippen LogP contribution in [-0.2, 0) is 4.74 Å². The van der Waals surface area contributed by atoms with Crippen molar-refractivity contribution in [2.75, 3.05) is 18.5 Å². The van der Waals surface area contributed by atoms with E-state index in [1.54, 1.807) is 5.51 Å². The Labute approximate surface area is 75.0 Å². The number of hydrogen-bond acceptors (Lipinski definition) is 5. The second-order valence-electron chi connectivity index (χ2n) is 3.01. The van der Waals surface area contributed by atoms with E-state index in [4.69, 9.17) is 4.74 Å². The molecule has 2 atom stereocenters. The average Bonchev–Trinajstić information content (AvgIpc) is 2.65. The lowest BCUT2D eigenvalue weighted by Crippen LogP contribution is -2.25.